The molecule has 0 aromatic carbocycles. The Morgan fingerprint density at radius 3 is 2.27 bits per heavy atom. The van der Waals surface area contributed by atoms with Crippen LogP contribution in [0.1, 0.15) is 26.2 Å². The molecule has 66 valence electrons. The van der Waals surface area contributed by atoms with Crippen molar-refractivity contribution in [3.8, 4) is 0 Å². The highest BCUT2D eigenvalue weighted by Gasteiger charge is 2.04. The Balaban J connectivity index is 0. The van der Waals surface area contributed by atoms with Crippen molar-refractivity contribution in [1.29, 1.82) is 0 Å². The monoisotopic (exact) mass is 181 g/mol. The number of halogens is 1. The van der Waals surface area contributed by atoms with Gasteiger partial charge in [0, 0.05) is 12.8 Å². The SMILES string of the molecule is CCC(=O)CCC(=O)ON.Cl. The van der Waals surface area contributed by atoms with Gasteiger partial charge in [0.25, 0.3) is 0 Å². The van der Waals surface area contributed by atoms with Crippen molar-refractivity contribution in [1.82, 2.24) is 0 Å². The van der Waals surface area contributed by atoms with Gasteiger partial charge in [0.2, 0.25) is 0 Å². The van der Waals surface area contributed by atoms with Gasteiger partial charge >= 0.3 is 5.97 Å². The zero-order chi connectivity index (χ0) is 7.98. The van der Waals surface area contributed by atoms with Gasteiger partial charge in [0.1, 0.15) is 5.78 Å². The summed E-state index contributed by atoms with van der Waals surface area (Å²) in [6, 6.07) is 0. The van der Waals surface area contributed by atoms with Crippen molar-refractivity contribution in [3.05, 3.63) is 0 Å². The van der Waals surface area contributed by atoms with Crippen molar-refractivity contribution >= 4 is 24.2 Å². The van der Waals surface area contributed by atoms with E-state index in [2.05, 4.69) is 10.7 Å². The van der Waals surface area contributed by atoms with Gasteiger partial charge in [-0.05, 0) is 0 Å². The van der Waals surface area contributed by atoms with Crippen LogP contribution in [-0.2, 0) is 14.4 Å². The number of carbonyl (C=O) groups is 2. The summed E-state index contributed by atoms with van der Waals surface area (Å²) in [4.78, 5) is 24.8. The lowest BCUT2D eigenvalue weighted by molar-refractivity contribution is -0.145. The highest BCUT2D eigenvalue weighted by atomic mass is 35.5. The van der Waals surface area contributed by atoms with E-state index < -0.39 is 5.97 Å². The quantitative estimate of drug-likeness (QED) is 0.645. The zero-order valence-electron chi connectivity index (χ0n) is 6.33. The zero-order valence-corrected chi connectivity index (χ0v) is 7.15. The van der Waals surface area contributed by atoms with E-state index in [1.807, 2.05) is 0 Å². The van der Waals surface area contributed by atoms with Crippen LogP contribution >= 0.6 is 12.4 Å². The van der Waals surface area contributed by atoms with Crippen LogP contribution < -0.4 is 5.90 Å². The fraction of sp³-hybridized carbons (Fsp3) is 0.667. The lowest BCUT2D eigenvalue weighted by Gasteiger charge is -1.94. The standard InChI is InChI=1S/C6H11NO3.ClH/c1-2-5(8)3-4-6(9)10-7;/h2-4,7H2,1H3;1H. The third-order valence-corrected chi connectivity index (χ3v) is 1.13. The number of ketones is 1. The number of Topliss-reactive ketones (excluding diaryl/α,β-unsaturated/α-hetero) is 1. The van der Waals surface area contributed by atoms with Gasteiger partial charge in [-0.25, -0.2) is 0 Å². The van der Waals surface area contributed by atoms with Crippen LogP contribution in [0.3, 0.4) is 0 Å². The number of nitrogens with two attached hydrogens (primary N) is 1. The van der Waals surface area contributed by atoms with Crippen LogP contribution in [0.2, 0.25) is 0 Å². The molecule has 0 aliphatic carbocycles. The second-order valence-electron chi connectivity index (χ2n) is 1.88. The maximum absolute atomic E-state index is 10.6. The molecule has 0 unspecified atom stereocenters. The molecule has 0 aliphatic heterocycles. The Labute approximate surface area is 71.4 Å². The first-order chi connectivity index (χ1) is 4.70. The minimum Gasteiger partial charge on any atom is -0.373 e. The van der Waals surface area contributed by atoms with Gasteiger partial charge in [-0.3, -0.25) is 9.59 Å². The summed E-state index contributed by atoms with van der Waals surface area (Å²) in [5, 5.41) is 0. The first kappa shape index (κ1) is 13.0. The molecule has 11 heavy (non-hydrogen) atoms. The molecular formula is C6H12ClNO3. The lowest BCUT2D eigenvalue weighted by Crippen LogP contribution is -2.11. The van der Waals surface area contributed by atoms with Crippen molar-refractivity contribution < 1.29 is 14.4 Å². The Kier molecular flexibility index (Phi) is 8.87. The average molecular weight is 182 g/mol. The molecule has 5 heteroatoms. The highest BCUT2D eigenvalue weighted by Crippen LogP contribution is 1.94. The van der Waals surface area contributed by atoms with Crippen LogP contribution in [0.25, 0.3) is 0 Å². The van der Waals surface area contributed by atoms with Crippen LogP contribution in [0.5, 0.6) is 0 Å². The van der Waals surface area contributed by atoms with Crippen molar-refractivity contribution in [2.75, 3.05) is 0 Å². The maximum atomic E-state index is 10.6. The van der Waals surface area contributed by atoms with E-state index in [9.17, 15) is 9.59 Å². The maximum Gasteiger partial charge on any atom is 0.324 e. The molecule has 0 aromatic rings. The number of hydrogen-bond donors (Lipinski definition) is 1. The largest absolute Gasteiger partial charge is 0.373 e. The number of rotatable bonds is 4. The fourth-order valence-corrected chi connectivity index (χ4v) is 0.477. The van der Waals surface area contributed by atoms with Crippen LogP contribution in [0.4, 0.5) is 0 Å². The molecule has 0 saturated heterocycles. The second-order valence-corrected chi connectivity index (χ2v) is 1.88. The minimum absolute atomic E-state index is 0. The van der Waals surface area contributed by atoms with E-state index in [1.54, 1.807) is 6.92 Å². The normalized spacial score (nSPS) is 8.18. The summed E-state index contributed by atoms with van der Waals surface area (Å²) in [5.41, 5.74) is 0. The summed E-state index contributed by atoms with van der Waals surface area (Å²) in [5.74, 6) is 4.05. The van der Waals surface area contributed by atoms with E-state index in [0.717, 1.165) is 0 Å². The topological polar surface area (TPSA) is 69.4 Å². The van der Waals surface area contributed by atoms with Gasteiger partial charge in [-0.1, -0.05) is 6.92 Å². The van der Waals surface area contributed by atoms with E-state index in [4.69, 9.17) is 0 Å². The third-order valence-electron chi connectivity index (χ3n) is 1.13. The second kappa shape index (κ2) is 7.50. The predicted molar refractivity (Wildman–Crippen MR) is 42.1 cm³/mol. The molecule has 0 radical (unpaired) electrons. The molecular weight excluding hydrogens is 170 g/mol. The van der Waals surface area contributed by atoms with Gasteiger partial charge in [-0.2, -0.15) is 5.90 Å². The van der Waals surface area contributed by atoms with Crippen LogP contribution in [-0.4, -0.2) is 11.8 Å². The van der Waals surface area contributed by atoms with Gasteiger partial charge in [0.15, 0.2) is 0 Å². The summed E-state index contributed by atoms with van der Waals surface area (Å²) in [7, 11) is 0. The number of carbonyl (C=O) groups excluding carboxylic acids is 2. The van der Waals surface area contributed by atoms with Crippen LogP contribution in [0.15, 0.2) is 0 Å². The Morgan fingerprint density at radius 2 is 1.91 bits per heavy atom. The van der Waals surface area contributed by atoms with Crippen molar-refractivity contribution in [2.24, 2.45) is 5.90 Å². The summed E-state index contributed by atoms with van der Waals surface area (Å²) < 4.78 is 0. The Bertz CT molecular complexity index is 122. The summed E-state index contributed by atoms with van der Waals surface area (Å²) >= 11 is 0. The van der Waals surface area contributed by atoms with E-state index in [0.29, 0.717) is 6.42 Å². The van der Waals surface area contributed by atoms with Gasteiger partial charge < -0.3 is 4.84 Å². The van der Waals surface area contributed by atoms with Gasteiger partial charge in [-0.15, -0.1) is 12.4 Å². The average Bonchev–Trinajstić information content (AvgIpc) is 1.99. The molecule has 0 saturated carbocycles. The molecule has 2 N–H and O–H groups in total. The lowest BCUT2D eigenvalue weighted by atomic mass is 10.2. The Hall–Kier alpha value is -0.610. The predicted octanol–water partition coefficient (Wildman–Crippen LogP) is 0.584. The molecule has 0 aromatic heterocycles. The van der Waals surface area contributed by atoms with E-state index in [1.165, 1.54) is 0 Å². The van der Waals surface area contributed by atoms with Crippen LogP contribution in [0, 0.1) is 0 Å². The molecule has 0 aliphatic rings. The van der Waals surface area contributed by atoms with E-state index in [-0.39, 0.29) is 31.0 Å². The summed E-state index contributed by atoms with van der Waals surface area (Å²) in [6.07, 6.45) is 0.771. The van der Waals surface area contributed by atoms with Crippen molar-refractivity contribution in [2.45, 2.75) is 26.2 Å². The van der Waals surface area contributed by atoms with Gasteiger partial charge in [0.05, 0.1) is 6.42 Å². The first-order valence-corrected chi connectivity index (χ1v) is 3.12. The smallest absolute Gasteiger partial charge is 0.324 e. The molecule has 0 atom stereocenters. The summed E-state index contributed by atoms with van der Waals surface area (Å²) in [6.45, 7) is 1.75. The molecule has 0 bridgehead atoms. The number of hydrogen-bond acceptors (Lipinski definition) is 4. The first-order valence-electron chi connectivity index (χ1n) is 3.12. The van der Waals surface area contributed by atoms with Crippen molar-refractivity contribution in [3.63, 3.8) is 0 Å². The highest BCUT2D eigenvalue weighted by molar-refractivity contribution is 5.85. The molecule has 0 amide bonds. The fourth-order valence-electron chi connectivity index (χ4n) is 0.477. The molecule has 4 nitrogen and oxygen atoms in total. The minimum atomic E-state index is -0.540. The third kappa shape index (κ3) is 7.29. The van der Waals surface area contributed by atoms with E-state index >= 15 is 0 Å². The molecule has 0 rings (SSSR count). The molecule has 0 fully saturated rings. The molecule has 0 heterocycles. The Morgan fingerprint density at radius 1 is 1.36 bits per heavy atom. The molecule has 0 spiro atoms.